The van der Waals surface area contributed by atoms with Gasteiger partial charge in [0.15, 0.2) is 0 Å². The van der Waals surface area contributed by atoms with Crippen LogP contribution in [0.3, 0.4) is 0 Å². The number of nitrogens with one attached hydrogen (secondary N) is 1. The van der Waals surface area contributed by atoms with Gasteiger partial charge in [-0.15, -0.1) is 0 Å². The third-order valence-electron chi connectivity index (χ3n) is 3.61. The summed E-state index contributed by atoms with van der Waals surface area (Å²) in [5.41, 5.74) is 0.762. The van der Waals surface area contributed by atoms with Crippen LogP contribution in [0.4, 0.5) is 0 Å². The minimum absolute atomic E-state index is 0.762. The van der Waals surface area contributed by atoms with Crippen molar-refractivity contribution in [3.8, 4) is 0 Å². The maximum atomic E-state index is 3.69. The molecule has 0 heterocycles. The van der Waals surface area contributed by atoms with Crippen molar-refractivity contribution in [2.75, 3.05) is 6.54 Å². The molecule has 0 atom stereocenters. The zero-order chi connectivity index (χ0) is 9.15. The Hall–Kier alpha value is -0.0400. The predicted molar refractivity (Wildman–Crippen MR) is 56.8 cm³/mol. The van der Waals surface area contributed by atoms with E-state index in [9.17, 15) is 0 Å². The minimum Gasteiger partial charge on any atom is -0.313 e. The topological polar surface area (TPSA) is 12.0 Å². The van der Waals surface area contributed by atoms with E-state index in [1.807, 2.05) is 0 Å². The zero-order valence-electron chi connectivity index (χ0n) is 8.94. The molecule has 0 radical (unpaired) electrons. The van der Waals surface area contributed by atoms with Gasteiger partial charge in [0, 0.05) is 12.6 Å². The number of hydrogen-bond acceptors (Lipinski definition) is 1. The van der Waals surface area contributed by atoms with Crippen molar-refractivity contribution in [2.45, 2.75) is 64.3 Å². The van der Waals surface area contributed by atoms with E-state index < -0.39 is 0 Å². The van der Waals surface area contributed by atoms with Gasteiger partial charge < -0.3 is 5.32 Å². The van der Waals surface area contributed by atoms with Gasteiger partial charge in [-0.3, -0.25) is 0 Å². The summed E-state index contributed by atoms with van der Waals surface area (Å²) in [7, 11) is 0. The van der Waals surface area contributed by atoms with Gasteiger partial charge in [-0.2, -0.15) is 0 Å². The fourth-order valence-electron chi connectivity index (χ4n) is 2.09. The highest BCUT2D eigenvalue weighted by Gasteiger charge is 2.42. The average Bonchev–Trinajstić information content (AvgIpc) is 3.00. The van der Waals surface area contributed by atoms with Crippen LogP contribution in [-0.4, -0.2) is 12.6 Å². The van der Waals surface area contributed by atoms with E-state index in [0.29, 0.717) is 0 Å². The number of rotatable bonds is 7. The summed E-state index contributed by atoms with van der Waals surface area (Å²) < 4.78 is 0. The summed E-state index contributed by atoms with van der Waals surface area (Å²) in [5.74, 6) is 0. The highest BCUT2D eigenvalue weighted by Crippen LogP contribution is 2.49. The molecule has 1 heteroatoms. The molecule has 0 amide bonds. The normalized spacial score (nSPS) is 24.7. The van der Waals surface area contributed by atoms with Gasteiger partial charge >= 0.3 is 0 Å². The van der Waals surface area contributed by atoms with Gasteiger partial charge in [-0.05, 0) is 37.5 Å². The Morgan fingerprint density at radius 1 is 1.23 bits per heavy atom. The van der Waals surface area contributed by atoms with Crippen molar-refractivity contribution in [2.24, 2.45) is 5.41 Å². The summed E-state index contributed by atoms with van der Waals surface area (Å²) in [6, 6.07) is 0.906. The fourth-order valence-corrected chi connectivity index (χ4v) is 2.09. The van der Waals surface area contributed by atoms with Gasteiger partial charge in [0.25, 0.3) is 0 Å². The lowest BCUT2D eigenvalue weighted by molar-refractivity contribution is 0.405. The van der Waals surface area contributed by atoms with E-state index in [2.05, 4.69) is 12.2 Å². The molecule has 0 aliphatic heterocycles. The Labute approximate surface area is 82.3 Å². The summed E-state index contributed by atoms with van der Waals surface area (Å²) in [6.45, 7) is 3.61. The van der Waals surface area contributed by atoms with Gasteiger partial charge in [-0.1, -0.05) is 26.2 Å². The van der Waals surface area contributed by atoms with Crippen molar-refractivity contribution >= 4 is 0 Å². The van der Waals surface area contributed by atoms with Crippen LogP contribution < -0.4 is 5.32 Å². The molecule has 2 aliphatic carbocycles. The molecule has 0 aromatic carbocycles. The molecule has 2 saturated carbocycles. The molecular weight excluding hydrogens is 158 g/mol. The first-order valence-corrected chi connectivity index (χ1v) is 6.08. The van der Waals surface area contributed by atoms with Crippen LogP contribution in [0.5, 0.6) is 0 Å². The Morgan fingerprint density at radius 2 is 2.00 bits per heavy atom. The smallest absolute Gasteiger partial charge is 0.00684 e. The lowest BCUT2D eigenvalue weighted by atomic mass is 9.98. The molecule has 13 heavy (non-hydrogen) atoms. The number of hydrogen-bond donors (Lipinski definition) is 1. The molecule has 2 fully saturated rings. The van der Waals surface area contributed by atoms with Crippen LogP contribution in [0.2, 0.25) is 0 Å². The van der Waals surface area contributed by atoms with Crippen LogP contribution in [-0.2, 0) is 0 Å². The Bertz CT molecular complexity index is 157. The van der Waals surface area contributed by atoms with Crippen molar-refractivity contribution in [3.63, 3.8) is 0 Å². The molecule has 0 aromatic heterocycles. The van der Waals surface area contributed by atoms with Crippen molar-refractivity contribution in [3.05, 3.63) is 0 Å². The lowest BCUT2D eigenvalue weighted by Crippen LogP contribution is -2.25. The van der Waals surface area contributed by atoms with E-state index >= 15 is 0 Å². The highest BCUT2D eigenvalue weighted by molar-refractivity contribution is 4.96. The molecule has 2 aliphatic rings. The predicted octanol–water partition coefficient (Wildman–Crippen LogP) is 3.10. The molecule has 0 aromatic rings. The fraction of sp³-hybridized carbons (Fsp3) is 1.00. The van der Waals surface area contributed by atoms with Gasteiger partial charge in [0.2, 0.25) is 0 Å². The molecule has 0 saturated heterocycles. The first-order chi connectivity index (χ1) is 6.35. The second-order valence-corrected chi connectivity index (χ2v) is 5.11. The Kier molecular flexibility index (Phi) is 2.92. The monoisotopic (exact) mass is 181 g/mol. The van der Waals surface area contributed by atoms with E-state index in [4.69, 9.17) is 0 Å². The molecule has 76 valence electrons. The first kappa shape index (κ1) is 9.51. The molecule has 0 spiro atoms. The molecular formula is C12H23N. The largest absolute Gasteiger partial charge is 0.313 e. The molecule has 0 bridgehead atoms. The first-order valence-electron chi connectivity index (χ1n) is 6.08. The second-order valence-electron chi connectivity index (χ2n) is 5.11. The van der Waals surface area contributed by atoms with E-state index in [-0.39, 0.29) is 0 Å². The number of unbranched alkanes of at least 4 members (excludes halogenated alkanes) is 2. The van der Waals surface area contributed by atoms with Crippen LogP contribution in [0.25, 0.3) is 0 Å². The zero-order valence-corrected chi connectivity index (χ0v) is 8.94. The molecule has 1 N–H and O–H groups in total. The lowest BCUT2D eigenvalue weighted by Gasteiger charge is -2.15. The third kappa shape index (κ3) is 2.98. The van der Waals surface area contributed by atoms with Gasteiger partial charge in [0.1, 0.15) is 0 Å². The Balaban J connectivity index is 1.58. The van der Waals surface area contributed by atoms with Crippen LogP contribution in [0.15, 0.2) is 0 Å². The SMILES string of the molecule is CCCCCC1(CNC2CC2)CC1. The quantitative estimate of drug-likeness (QED) is 0.595. The minimum atomic E-state index is 0.762. The molecule has 2 rings (SSSR count). The van der Waals surface area contributed by atoms with E-state index in [0.717, 1.165) is 11.5 Å². The Morgan fingerprint density at radius 3 is 2.54 bits per heavy atom. The summed E-state index contributed by atoms with van der Waals surface area (Å²) in [4.78, 5) is 0. The summed E-state index contributed by atoms with van der Waals surface area (Å²) in [6.07, 6.45) is 11.6. The van der Waals surface area contributed by atoms with E-state index in [1.54, 1.807) is 0 Å². The maximum Gasteiger partial charge on any atom is 0.00684 e. The second kappa shape index (κ2) is 4.00. The van der Waals surface area contributed by atoms with Crippen molar-refractivity contribution < 1.29 is 0 Å². The highest BCUT2D eigenvalue weighted by atomic mass is 15.0. The standard InChI is InChI=1S/C12H23N/c1-2-3-4-7-12(8-9-12)10-13-11-5-6-11/h11,13H,2-10H2,1H3. The maximum absolute atomic E-state index is 3.69. The van der Waals surface area contributed by atoms with Crippen molar-refractivity contribution in [1.82, 2.24) is 5.32 Å². The summed E-state index contributed by atoms with van der Waals surface area (Å²) >= 11 is 0. The molecule has 1 nitrogen and oxygen atoms in total. The average molecular weight is 181 g/mol. The third-order valence-corrected chi connectivity index (χ3v) is 3.61. The van der Waals surface area contributed by atoms with E-state index in [1.165, 1.54) is 57.9 Å². The van der Waals surface area contributed by atoms with Gasteiger partial charge in [-0.25, -0.2) is 0 Å². The summed E-state index contributed by atoms with van der Waals surface area (Å²) in [5, 5.41) is 3.69. The molecule has 0 unspecified atom stereocenters. The van der Waals surface area contributed by atoms with Gasteiger partial charge in [0.05, 0.1) is 0 Å². The van der Waals surface area contributed by atoms with Crippen molar-refractivity contribution in [1.29, 1.82) is 0 Å². The van der Waals surface area contributed by atoms with Crippen LogP contribution in [0, 0.1) is 5.41 Å². The van der Waals surface area contributed by atoms with Crippen LogP contribution in [0.1, 0.15) is 58.3 Å². The van der Waals surface area contributed by atoms with Crippen LogP contribution >= 0.6 is 0 Å².